The molecular weight excluding hydrogens is 236 g/mol. The SMILES string of the molecule is CC(C)Cn1ccc(C2(N)CCC(F)(F)CC2)n1. The molecule has 2 rings (SSSR count). The highest BCUT2D eigenvalue weighted by molar-refractivity contribution is 5.15. The fraction of sp³-hybridized carbons (Fsp3) is 0.769. The largest absolute Gasteiger partial charge is 0.320 e. The summed E-state index contributed by atoms with van der Waals surface area (Å²) in [6.45, 7) is 5.05. The van der Waals surface area contributed by atoms with Gasteiger partial charge in [0.1, 0.15) is 0 Å². The second-order valence-electron chi connectivity index (χ2n) is 5.83. The third-order valence-electron chi connectivity index (χ3n) is 3.58. The molecule has 1 aromatic rings. The Morgan fingerprint density at radius 1 is 1.33 bits per heavy atom. The predicted molar refractivity (Wildman–Crippen MR) is 66.3 cm³/mol. The molecule has 2 N–H and O–H groups in total. The van der Waals surface area contributed by atoms with Crippen LogP contribution in [0.25, 0.3) is 0 Å². The fourth-order valence-corrected chi connectivity index (χ4v) is 2.42. The highest BCUT2D eigenvalue weighted by atomic mass is 19.3. The summed E-state index contributed by atoms with van der Waals surface area (Å²) >= 11 is 0. The molecule has 1 aliphatic rings. The number of nitrogens with two attached hydrogens (primary N) is 1. The Balaban J connectivity index is 2.09. The van der Waals surface area contributed by atoms with E-state index in [9.17, 15) is 8.78 Å². The van der Waals surface area contributed by atoms with Gasteiger partial charge in [-0.15, -0.1) is 0 Å². The smallest absolute Gasteiger partial charge is 0.248 e. The van der Waals surface area contributed by atoms with Gasteiger partial charge in [-0.3, -0.25) is 4.68 Å². The molecule has 0 atom stereocenters. The van der Waals surface area contributed by atoms with Crippen LogP contribution >= 0.6 is 0 Å². The molecule has 0 amide bonds. The van der Waals surface area contributed by atoms with Crippen molar-refractivity contribution in [3.8, 4) is 0 Å². The minimum absolute atomic E-state index is 0.138. The standard InChI is InChI=1S/C13H21F2N3/c1-10(2)9-18-8-3-11(17-18)12(16)4-6-13(14,15)7-5-12/h3,8,10H,4-7,9,16H2,1-2H3. The van der Waals surface area contributed by atoms with Crippen LogP contribution in [0.15, 0.2) is 12.3 Å². The second kappa shape index (κ2) is 4.61. The lowest BCUT2D eigenvalue weighted by Crippen LogP contribution is -2.44. The van der Waals surface area contributed by atoms with E-state index in [0.29, 0.717) is 18.8 Å². The van der Waals surface area contributed by atoms with E-state index in [2.05, 4.69) is 18.9 Å². The number of rotatable bonds is 3. The molecule has 1 saturated carbocycles. The molecule has 1 fully saturated rings. The van der Waals surface area contributed by atoms with Crippen molar-refractivity contribution in [3.05, 3.63) is 18.0 Å². The average molecular weight is 257 g/mol. The Hall–Kier alpha value is -0.970. The Kier molecular flexibility index (Phi) is 3.45. The van der Waals surface area contributed by atoms with Crippen molar-refractivity contribution in [2.75, 3.05) is 0 Å². The molecule has 0 bridgehead atoms. The molecule has 102 valence electrons. The summed E-state index contributed by atoms with van der Waals surface area (Å²) in [5, 5.41) is 4.44. The average Bonchev–Trinajstić information content (AvgIpc) is 2.71. The normalized spacial score (nSPS) is 22.3. The van der Waals surface area contributed by atoms with Crippen molar-refractivity contribution in [1.82, 2.24) is 9.78 Å². The van der Waals surface area contributed by atoms with Crippen molar-refractivity contribution in [3.63, 3.8) is 0 Å². The molecule has 18 heavy (non-hydrogen) atoms. The van der Waals surface area contributed by atoms with E-state index >= 15 is 0 Å². The summed E-state index contributed by atoms with van der Waals surface area (Å²) in [5.74, 6) is -2.05. The molecule has 0 radical (unpaired) electrons. The van der Waals surface area contributed by atoms with E-state index in [4.69, 9.17) is 5.73 Å². The Morgan fingerprint density at radius 3 is 2.50 bits per heavy atom. The zero-order valence-corrected chi connectivity index (χ0v) is 11.0. The summed E-state index contributed by atoms with van der Waals surface area (Å²) < 4.78 is 28.2. The maximum Gasteiger partial charge on any atom is 0.248 e. The maximum atomic E-state index is 13.2. The first-order chi connectivity index (χ1) is 8.31. The third kappa shape index (κ3) is 2.88. The van der Waals surface area contributed by atoms with Crippen molar-refractivity contribution < 1.29 is 8.78 Å². The molecular formula is C13H21F2N3. The molecule has 0 aromatic carbocycles. The van der Waals surface area contributed by atoms with Gasteiger partial charge in [-0.2, -0.15) is 5.10 Å². The lowest BCUT2D eigenvalue weighted by molar-refractivity contribution is -0.0519. The maximum absolute atomic E-state index is 13.2. The van der Waals surface area contributed by atoms with Crippen LogP contribution in [-0.4, -0.2) is 15.7 Å². The van der Waals surface area contributed by atoms with Gasteiger partial charge < -0.3 is 5.73 Å². The van der Waals surface area contributed by atoms with Gasteiger partial charge >= 0.3 is 0 Å². The third-order valence-corrected chi connectivity index (χ3v) is 3.58. The lowest BCUT2D eigenvalue weighted by Gasteiger charge is -2.35. The Bertz CT molecular complexity index is 402. The van der Waals surface area contributed by atoms with Crippen molar-refractivity contribution >= 4 is 0 Å². The van der Waals surface area contributed by atoms with Crippen LogP contribution in [0.5, 0.6) is 0 Å². The molecule has 5 heteroatoms. The molecule has 0 saturated heterocycles. The molecule has 0 unspecified atom stereocenters. The van der Waals surface area contributed by atoms with Crippen LogP contribution in [0.1, 0.15) is 45.2 Å². The van der Waals surface area contributed by atoms with Gasteiger partial charge in [-0.25, -0.2) is 8.78 Å². The zero-order valence-electron chi connectivity index (χ0n) is 11.0. The van der Waals surface area contributed by atoms with Gasteiger partial charge in [-0.1, -0.05) is 13.8 Å². The van der Waals surface area contributed by atoms with E-state index in [1.807, 2.05) is 16.9 Å². The minimum Gasteiger partial charge on any atom is -0.320 e. The first-order valence-electron chi connectivity index (χ1n) is 6.51. The van der Waals surface area contributed by atoms with Crippen LogP contribution in [0.4, 0.5) is 8.78 Å². The summed E-state index contributed by atoms with van der Waals surface area (Å²) in [7, 11) is 0. The summed E-state index contributed by atoms with van der Waals surface area (Å²) in [6, 6.07) is 1.87. The first kappa shape index (κ1) is 13.5. The lowest BCUT2D eigenvalue weighted by atomic mass is 9.78. The topological polar surface area (TPSA) is 43.8 Å². The van der Waals surface area contributed by atoms with Gasteiger partial charge in [0.25, 0.3) is 0 Å². The number of nitrogens with zero attached hydrogens (tertiary/aromatic N) is 2. The fourth-order valence-electron chi connectivity index (χ4n) is 2.42. The molecule has 0 aliphatic heterocycles. The first-order valence-corrected chi connectivity index (χ1v) is 6.51. The number of aromatic nitrogens is 2. The van der Waals surface area contributed by atoms with Gasteiger partial charge in [0, 0.05) is 25.6 Å². The van der Waals surface area contributed by atoms with Gasteiger partial charge in [-0.05, 0) is 24.8 Å². The van der Waals surface area contributed by atoms with Crippen molar-refractivity contribution in [2.45, 2.75) is 57.5 Å². The highest BCUT2D eigenvalue weighted by Crippen LogP contribution is 2.41. The number of hydrogen-bond donors (Lipinski definition) is 1. The van der Waals surface area contributed by atoms with Gasteiger partial charge in [0.15, 0.2) is 0 Å². The summed E-state index contributed by atoms with van der Waals surface area (Å²) in [6.07, 6.45) is 2.22. The van der Waals surface area contributed by atoms with Crippen molar-refractivity contribution in [2.24, 2.45) is 11.7 Å². The van der Waals surface area contributed by atoms with Gasteiger partial charge in [0.05, 0.1) is 11.2 Å². The van der Waals surface area contributed by atoms with Crippen LogP contribution in [0.2, 0.25) is 0 Å². The van der Waals surface area contributed by atoms with E-state index in [1.54, 1.807) is 0 Å². The van der Waals surface area contributed by atoms with E-state index < -0.39 is 11.5 Å². The van der Waals surface area contributed by atoms with Crippen LogP contribution < -0.4 is 5.73 Å². The van der Waals surface area contributed by atoms with E-state index in [1.165, 1.54) is 0 Å². The highest BCUT2D eigenvalue weighted by Gasteiger charge is 2.43. The number of hydrogen-bond acceptors (Lipinski definition) is 2. The molecule has 3 nitrogen and oxygen atoms in total. The number of alkyl halides is 2. The van der Waals surface area contributed by atoms with Crippen LogP contribution in [0, 0.1) is 5.92 Å². The molecule has 1 heterocycles. The molecule has 1 aromatic heterocycles. The Morgan fingerprint density at radius 2 is 1.94 bits per heavy atom. The Labute approximate surface area is 106 Å². The second-order valence-corrected chi connectivity index (χ2v) is 5.83. The van der Waals surface area contributed by atoms with Crippen molar-refractivity contribution in [1.29, 1.82) is 0 Å². The summed E-state index contributed by atoms with van der Waals surface area (Å²) in [4.78, 5) is 0. The van der Waals surface area contributed by atoms with Crippen LogP contribution in [-0.2, 0) is 12.1 Å². The summed E-state index contributed by atoms with van der Waals surface area (Å²) in [5.41, 5.74) is 6.31. The monoisotopic (exact) mass is 257 g/mol. The van der Waals surface area contributed by atoms with E-state index in [-0.39, 0.29) is 12.8 Å². The molecule has 1 aliphatic carbocycles. The van der Waals surface area contributed by atoms with Gasteiger partial charge in [0.2, 0.25) is 5.92 Å². The minimum atomic E-state index is -2.55. The quantitative estimate of drug-likeness (QED) is 0.904. The molecule has 0 spiro atoms. The van der Waals surface area contributed by atoms with E-state index in [0.717, 1.165) is 12.2 Å². The zero-order chi connectivity index (χ0) is 13.4. The van der Waals surface area contributed by atoms with Crippen LogP contribution in [0.3, 0.4) is 0 Å². The number of halogens is 2. The predicted octanol–water partition coefficient (Wildman–Crippen LogP) is 2.90.